The first kappa shape index (κ1) is 14.5. The number of ether oxygens (including phenoxy) is 1. The largest absolute Gasteiger partial charge is 0.390 e. The molecule has 2 atom stereocenters. The predicted octanol–water partition coefficient (Wildman–Crippen LogP) is 3.70. The number of fused-ring (bicyclic) bond motifs is 1. The Balaban J connectivity index is 1.83. The SMILES string of the molecule is OC(Cc1cc(Cl)ccc1F)C1OCCc2ccccc21. The fourth-order valence-electron chi connectivity index (χ4n) is 2.78. The maximum absolute atomic E-state index is 13.8. The highest BCUT2D eigenvalue weighted by atomic mass is 35.5. The smallest absolute Gasteiger partial charge is 0.126 e. The van der Waals surface area contributed by atoms with E-state index in [1.807, 2.05) is 24.3 Å². The van der Waals surface area contributed by atoms with Crippen LogP contribution in [0.15, 0.2) is 42.5 Å². The van der Waals surface area contributed by atoms with Gasteiger partial charge in [0.1, 0.15) is 11.9 Å². The summed E-state index contributed by atoms with van der Waals surface area (Å²) in [6.07, 6.45) is -0.219. The third-order valence-corrected chi connectivity index (χ3v) is 4.05. The third kappa shape index (κ3) is 3.10. The Kier molecular flexibility index (Phi) is 4.24. The highest BCUT2D eigenvalue weighted by Gasteiger charge is 2.28. The van der Waals surface area contributed by atoms with Gasteiger partial charge in [-0.3, -0.25) is 0 Å². The van der Waals surface area contributed by atoms with E-state index >= 15 is 0 Å². The average Bonchev–Trinajstić information content (AvgIpc) is 2.50. The van der Waals surface area contributed by atoms with Gasteiger partial charge < -0.3 is 9.84 Å². The summed E-state index contributed by atoms with van der Waals surface area (Å²) in [6, 6.07) is 12.3. The molecule has 0 fully saturated rings. The Bertz CT molecular complexity index is 644. The van der Waals surface area contributed by atoms with Crippen LogP contribution in [0, 0.1) is 5.82 Å². The van der Waals surface area contributed by atoms with Gasteiger partial charge in [0.05, 0.1) is 12.7 Å². The van der Waals surface area contributed by atoms with E-state index < -0.39 is 12.2 Å². The quantitative estimate of drug-likeness (QED) is 0.937. The van der Waals surface area contributed by atoms with Crippen LogP contribution in [-0.4, -0.2) is 17.8 Å². The van der Waals surface area contributed by atoms with Gasteiger partial charge in [-0.2, -0.15) is 0 Å². The second kappa shape index (κ2) is 6.14. The summed E-state index contributed by atoms with van der Waals surface area (Å²) in [6.45, 7) is 0.566. The zero-order chi connectivity index (χ0) is 14.8. The van der Waals surface area contributed by atoms with Crippen molar-refractivity contribution in [3.8, 4) is 0 Å². The van der Waals surface area contributed by atoms with Gasteiger partial charge in [0, 0.05) is 11.4 Å². The van der Waals surface area contributed by atoms with Crippen LogP contribution in [0.1, 0.15) is 22.8 Å². The summed E-state index contributed by atoms with van der Waals surface area (Å²) in [5.74, 6) is -0.359. The molecule has 1 N–H and O–H groups in total. The molecule has 0 radical (unpaired) electrons. The van der Waals surface area contributed by atoms with E-state index in [0.29, 0.717) is 17.2 Å². The van der Waals surface area contributed by atoms with Crippen molar-refractivity contribution < 1.29 is 14.2 Å². The zero-order valence-corrected chi connectivity index (χ0v) is 12.2. The maximum atomic E-state index is 13.8. The molecule has 2 unspecified atom stereocenters. The number of halogens is 2. The van der Waals surface area contributed by atoms with E-state index in [2.05, 4.69) is 0 Å². The minimum Gasteiger partial charge on any atom is -0.390 e. The molecule has 0 spiro atoms. The summed E-state index contributed by atoms with van der Waals surface area (Å²) in [5.41, 5.74) is 2.57. The molecule has 110 valence electrons. The first-order valence-corrected chi connectivity index (χ1v) is 7.34. The second-order valence-electron chi connectivity index (χ2n) is 5.25. The van der Waals surface area contributed by atoms with Crippen LogP contribution in [0.4, 0.5) is 4.39 Å². The van der Waals surface area contributed by atoms with E-state index in [-0.39, 0.29) is 12.2 Å². The summed E-state index contributed by atoms with van der Waals surface area (Å²) in [5, 5.41) is 10.9. The molecule has 2 aromatic carbocycles. The van der Waals surface area contributed by atoms with Crippen molar-refractivity contribution in [2.75, 3.05) is 6.61 Å². The standard InChI is InChI=1S/C17H16ClFO2/c18-13-5-6-15(19)12(9-13)10-16(20)17-14-4-2-1-3-11(14)7-8-21-17/h1-6,9,16-17,20H,7-8,10H2. The van der Waals surface area contributed by atoms with Crippen molar-refractivity contribution in [3.63, 3.8) is 0 Å². The summed E-state index contributed by atoms with van der Waals surface area (Å²) < 4.78 is 19.5. The van der Waals surface area contributed by atoms with Crippen LogP contribution < -0.4 is 0 Å². The molecule has 2 nitrogen and oxygen atoms in total. The van der Waals surface area contributed by atoms with Gasteiger partial charge >= 0.3 is 0 Å². The average molecular weight is 307 g/mol. The van der Waals surface area contributed by atoms with E-state index in [4.69, 9.17) is 16.3 Å². The fraction of sp³-hybridized carbons (Fsp3) is 0.294. The normalized spacial score (nSPS) is 19.1. The predicted molar refractivity (Wildman–Crippen MR) is 80.0 cm³/mol. The van der Waals surface area contributed by atoms with Crippen LogP contribution >= 0.6 is 11.6 Å². The molecule has 0 aromatic heterocycles. The lowest BCUT2D eigenvalue weighted by Gasteiger charge is -2.30. The van der Waals surface area contributed by atoms with E-state index in [0.717, 1.165) is 12.0 Å². The van der Waals surface area contributed by atoms with Crippen molar-refractivity contribution in [2.45, 2.75) is 25.0 Å². The van der Waals surface area contributed by atoms with E-state index in [1.165, 1.54) is 17.7 Å². The molecule has 1 aliphatic heterocycles. The summed E-state index contributed by atoms with van der Waals surface area (Å²) in [7, 11) is 0. The van der Waals surface area contributed by atoms with Crippen molar-refractivity contribution in [2.24, 2.45) is 0 Å². The van der Waals surface area contributed by atoms with Crippen LogP contribution in [0.3, 0.4) is 0 Å². The lowest BCUT2D eigenvalue weighted by Crippen LogP contribution is -2.28. The van der Waals surface area contributed by atoms with Crippen LogP contribution in [0.2, 0.25) is 5.02 Å². The first-order chi connectivity index (χ1) is 10.1. The zero-order valence-electron chi connectivity index (χ0n) is 11.4. The fourth-order valence-corrected chi connectivity index (χ4v) is 2.97. The van der Waals surface area contributed by atoms with Gasteiger partial charge in [-0.1, -0.05) is 35.9 Å². The van der Waals surface area contributed by atoms with Crippen LogP contribution in [-0.2, 0) is 17.6 Å². The van der Waals surface area contributed by atoms with Gasteiger partial charge in [-0.05, 0) is 41.3 Å². The first-order valence-electron chi connectivity index (χ1n) is 6.96. The lowest BCUT2D eigenvalue weighted by atomic mass is 9.92. The Hall–Kier alpha value is -1.42. The van der Waals surface area contributed by atoms with Crippen LogP contribution in [0.5, 0.6) is 0 Å². The molecule has 0 bridgehead atoms. The van der Waals surface area contributed by atoms with E-state index in [9.17, 15) is 9.50 Å². The molecule has 0 saturated carbocycles. The van der Waals surface area contributed by atoms with Gasteiger partial charge in [0.25, 0.3) is 0 Å². The van der Waals surface area contributed by atoms with Gasteiger partial charge in [0.2, 0.25) is 0 Å². The van der Waals surface area contributed by atoms with Gasteiger partial charge in [-0.15, -0.1) is 0 Å². The lowest BCUT2D eigenvalue weighted by molar-refractivity contribution is -0.0463. The highest BCUT2D eigenvalue weighted by molar-refractivity contribution is 6.30. The Labute approximate surface area is 128 Å². The molecule has 2 aromatic rings. The summed E-state index contributed by atoms with van der Waals surface area (Å²) in [4.78, 5) is 0. The number of hydrogen-bond donors (Lipinski definition) is 1. The number of rotatable bonds is 3. The molecule has 0 saturated heterocycles. The van der Waals surface area contributed by atoms with Crippen molar-refractivity contribution in [3.05, 3.63) is 70.0 Å². The van der Waals surface area contributed by atoms with E-state index in [1.54, 1.807) is 6.07 Å². The van der Waals surface area contributed by atoms with Gasteiger partial charge in [0.15, 0.2) is 0 Å². The molecule has 21 heavy (non-hydrogen) atoms. The van der Waals surface area contributed by atoms with Gasteiger partial charge in [-0.25, -0.2) is 4.39 Å². The molecular weight excluding hydrogens is 291 g/mol. The molecule has 1 aliphatic rings. The molecule has 3 rings (SSSR count). The number of aliphatic hydroxyl groups is 1. The third-order valence-electron chi connectivity index (χ3n) is 3.82. The molecule has 0 amide bonds. The number of aliphatic hydroxyl groups excluding tert-OH is 1. The molecule has 1 heterocycles. The Morgan fingerprint density at radius 2 is 2.10 bits per heavy atom. The number of hydrogen-bond acceptors (Lipinski definition) is 2. The van der Waals surface area contributed by atoms with Crippen molar-refractivity contribution >= 4 is 11.6 Å². The Morgan fingerprint density at radius 3 is 2.95 bits per heavy atom. The van der Waals surface area contributed by atoms with Crippen molar-refractivity contribution in [1.82, 2.24) is 0 Å². The topological polar surface area (TPSA) is 29.5 Å². The monoisotopic (exact) mass is 306 g/mol. The maximum Gasteiger partial charge on any atom is 0.126 e. The highest BCUT2D eigenvalue weighted by Crippen LogP contribution is 2.31. The second-order valence-corrected chi connectivity index (χ2v) is 5.68. The molecule has 0 aliphatic carbocycles. The summed E-state index contributed by atoms with van der Waals surface area (Å²) >= 11 is 5.89. The number of benzene rings is 2. The molecule has 4 heteroatoms. The van der Waals surface area contributed by atoms with Crippen LogP contribution in [0.25, 0.3) is 0 Å². The molecular formula is C17H16ClFO2. The minimum atomic E-state index is -0.806. The van der Waals surface area contributed by atoms with Crippen molar-refractivity contribution in [1.29, 1.82) is 0 Å². The Morgan fingerprint density at radius 1 is 1.29 bits per heavy atom. The minimum absolute atomic E-state index is 0.172.